The first-order valence-electron chi connectivity index (χ1n) is 3.86. The van der Waals surface area contributed by atoms with Crippen molar-refractivity contribution in [3.63, 3.8) is 0 Å². The number of thiophene rings is 1. The third kappa shape index (κ3) is 1.55. The number of halogens is 1. The molecule has 0 bridgehead atoms. The van der Waals surface area contributed by atoms with Gasteiger partial charge in [-0.15, -0.1) is 24.0 Å². The normalized spacial score (nSPS) is 10.9. The summed E-state index contributed by atoms with van der Waals surface area (Å²) in [5.41, 5.74) is 0.356. The molecule has 0 aliphatic heterocycles. The van der Waals surface area contributed by atoms with E-state index in [9.17, 15) is 0 Å². The standard InChI is InChI=1S/C8H6BClO2S2/c10-5-3-6(13)4-1-2-14-8(4)7(5)9(11)12/h1-3,11-13H. The van der Waals surface area contributed by atoms with Crippen molar-refractivity contribution in [3.05, 3.63) is 22.5 Å². The molecule has 14 heavy (non-hydrogen) atoms. The van der Waals surface area contributed by atoms with Crippen molar-refractivity contribution < 1.29 is 10.0 Å². The van der Waals surface area contributed by atoms with Crippen LogP contribution in [0, 0.1) is 0 Å². The largest absolute Gasteiger partial charge is 0.491 e. The topological polar surface area (TPSA) is 40.5 Å². The monoisotopic (exact) mass is 244 g/mol. The maximum atomic E-state index is 9.16. The third-order valence-electron chi connectivity index (χ3n) is 1.96. The summed E-state index contributed by atoms with van der Waals surface area (Å²) in [7, 11) is -1.54. The SMILES string of the molecule is OB(O)c1c(Cl)cc(S)c2ccsc12. The van der Waals surface area contributed by atoms with Crippen LogP contribution in [-0.4, -0.2) is 17.2 Å². The molecule has 2 aromatic rings. The number of fused-ring (bicyclic) bond motifs is 1. The van der Waals surface area contributed by atoms with Crippen LogP contribution < -0.4 is 5.46 Å². The molecule has 2 nitrogen and oxygen atoms in total. The summed E-state index contributed by atoms with van der Waals surface area (Å²) in [6, 6.07) is 3.50. The molecule has 1 heterocycles. The fourth-order valence-corrected chi connectivity index (χ4v) is 3.16. The lowest BCUT2D eigenvalue weighted by molar-refractivity contribution is 0.426. The molecule has 0 amide bonds. The van der Waals surface area contributed by atoms with Gasteiger partial charge in [0.2, 0.25) is 0 Å². The van der Waals surface area contributed by atoms with E-state index in [0.29, 0.717) is 10.5 Å². The predicted octanol–water partition coefficient (Wildman–Crippen LogP) is 1.52. The summed E-state index contributed by atoms with van der Waals surface area (Å²) < 4.78 is 0.775. The average Bonchev–Trinajstić information content (AvgIpc) is 2.51. The smallest absolute Gasteiger partial charge is 0.423 e. The summed E-state index contributed by atoms with van der Waals surface area (Å²) >= 11 is 11.6. The van der Waals surface area contributed by atoms with Crippen LogP contribution in [0.15, 0.2) is 22.4 Å². The molecule has 1 aromatic carbocycles. The molecule has 2 N–H and O–H groups in total. The summed E-state index contributed by atoms with van der Waals surface area (Å²) in [6.45, 7) is 0. The van der Waals surface area contributed by atoms with Gasteiger partial charge in [-0.3, -0.25) is 0 Å². The first-order chi connectivity index (χ1) is 6.61. The van der Waals surface area contributed by atoms with E-state index in [1.165, 1.54) is 11.3 Å². The average molecular weight is 245 g/mol. The van der Waals surface area contributed by atoms with Crippen LogP contribution in [0.3, 0.4) is 0 Å². The first kappa shape index (κ1) is 10.3. The molecular formula is C8H6BClO2S2. The van der Waals surface area contributed by atoms with Crippen LogP contribution >= 0.6 is 35.6 Å². The predicted molar refractivity (Wildman–Crippen MR) is 63.9 cm³/mol. The van der Waals surface area contributed by atoms with Crippen LogP contribution in [0.5, 0.6) is 0 Å². The number of benzene rings is 1. The van der Waals surface area contributed by atoms with Gasteiger partial charge in [0.25, 0.3) is 0 Å². The van der Waals surface area contributed by atoms with Gasteiger partial charge in [-0.1, -0.05) is 11.6 Å². The van der Waals surface area contributed by atoms with Gasteiger partial charge in [0.05, 0.1) is 0 Å². The maximum absolute atomic E-state index is 9.16. The lowest BCUT2D eigenvalue weighted by atomic mass is 9.80. The Kier molecular flexibility index (Phi) is 2.77. The van der Waals surface area contributed by atoms with Gasteiger partial charge in [0.15, 0.2) is 0 Å². The molecule has 0 fully saturated rings. The van der Waals surface area contributed by atoms with E-state index < -0.39 is 7.12 Å². The lowest BCUT2D eigenvalue weighted by Crippen LogP contribution is -2.31. The fourth-order valence-electron chi connectivity index (χ4n) is 1.34. The minimum atomic E-state index is -1.54. The minimum absolute atomic E-state index is 0.333. The summed E-state index contributed by atoms with van der Waals surface area (Å²) in [4.78, 5) is 0.746. The van der Waals surface area contributed by atoms with Gasteiger partial charge in [0, 0.05) is 25.5 Å². The number of hydrogen-bond donors (Lipinski definition) is 3. The molecule has 0 aliphatic carbocycles. The molecule has 0 aliphatic rings. The Morgan fingerprint density at radius 3 is 2.79 bits per heavy atom. The van der Waals surface area contributed by atoms with E-state index in [1.807, 2.05) is 11.4 Å². The fraction of sp³-hybridized carbons (Fsp3) is 0. The number of hydrogen-bond acceptors (Lipinski definition) is 4. The second-order valence-corrected chi connectivity index (χ2v) is 4.63. The Labute approximate surface area is 95.7 Å². The highest BCUT2D eigenvalue weighted by Crippen LogP contribution is 2.28. The van der Waals surface area contributed by atoms with Crippen molar-refractivity contribution >= 4 is 58.2 Å². The Balaban J connectivity index is 2.86. The Bertz CT molecular complexity index is 483. The van der Waals surface area contributed by atoms with Crippen molar-refractivity contribution in [2.24, 2.45) is 0 Å². The van der Waals surface area contributed by atoms with Crippen molar-refractivity contribution in [1.82, 2.24) is 0 Å². The molecule has 6 heteroatoms. The van der Waals surface area contributed by atoms with Gasteiger partial charge < -0.3 is 10.0 Å². The summed E-state index contributed by atoms with van der Waals surface area (Å²) in [5.74, 6) is 0. The maximum Gasteiger partial charge on any atom is 0.491 e. The zero-order valence-electron chi connectivity index (χ0n) is 6.94. The molecule has 1 aromatic heterocycles. The Hall–Kier alpha value is -0.195. The van der Waals surface area contributed by atoms with Gasteiger partial charge in [-0.05, 0) is 17.5 Å². The lowest BCUT2D eigenvalue weighted by Gasteiger charge is -2.06. The van der Waals surface area contributed by atoms with E-state index in [4.69, 9.17) is 21.6 Å². The zero-order valence-corrected chi connectivity index (χ0v) is 9.40. The Morgan fingerprint density at radius 2 is 2.14 bits per heavy atom. The highest BCUT2D eigenvalue weighted by Gasteiger charge is 2.20. The van der Waals surface area contributed by atoms with Crippen LogP contribution in [0.25, 0.3) is 10.1 Å². The van der Waals surface area contributed by atoms with Crippen molar-refractivity contribution in [3.8, 4) is 0 Å². The van der Waals surface area contributed by atoms with E-state index in [2.05, 4.69) is 12.6 Å². The van der Waals surface area contributed by atoms with Gasteiger partial charge in [-0.2, -0.15) is 0 Å². The van der Waals surface area contributed by atoms with Gasteiger partial charge in [0.1, 0.15) is 0 Å². The van der Waals surface area contributed by atoms with Crippen molar-refractivity contribution in [1.29, 1.82) is 0 Å². The van der Waals surface area contributed by atoms with E-state index in [-0.39, 0.29) is 0 Å². The summed E-state index contributed by atoms with van der Waals surface area (Å²) in [6.07, 6.45) is 0. The van der Waals surface area contributed by atoms with Crippen molar-refractivity contribution in [2.45, 2.75) is 4.90 Å². The van der Waals surface area contributed by atoms with E-state index in [0.717, 1.165) is 15.0 Å². The van der Waals surface area contributed by atoms with Crippen molar-refractivity contribution in [2.75, 3.05) is 0 Å². The van der Waals surface area contributed by atoms with Crippen LogP contribution in [0.2, 0.25) is 5.02 Å². The van der Waals surface area contributed by atoms with Crippen LogP contribution in [0.1, 0.15) is 0 Å². The molecule has 0 unspecified atom stereocenters. The zero-order chi connectivity index (χ0) is 10.3. The van der Waals surface area contributed by atoms with Gasteiger partial charge >= 0.3 is 7.12 Å². The second-order valence-electron chi connectivity index (χ2n) is 2.83. The number of rotatable bonds is 1. The molecule has 72 valence electrons. The number of thiol groups is 1. The highest BCUT2D eigenvalue weighted by atomic mass is 35.5. The molecule has 0 atom stereocenters. The third-order valence-corrected chi connectivity index (χ3v) is 3.60. The minimum Gasteiger partial charge on any atom is -0.423 e. The molecule has 2 rings (SSSR count). The molecule has 0 spiro atoms. The van der Waals surface area contributed by atoms with Crippen LogP contribution in [-0.2, 0) is 0 Å². The van der Waals surface area contributed by atoms with Crippen LogP contribution in [0.4, 0.5) is 0 Å². The highest BCUT2D eigenvalue weighted by molar-refractivity contribution is 7.80. The van der Waals surface area contributed by atoms with E-state index in [1.54, 1.807) is 6.07 Å². The molecule has 0 saturated carbocycles. The quantitative estimate of drug-likeness (QED) is 0.526. The molecule has 0 radical (unpaired) electrons. The Morgan fingerprint density at radius 1 is 1.43 bits per heavy atom. The summed E-state index contributed by atoms with van der Waals surface area (Å²) in [5, 5.41) is 21.4. The van der Waals surface area contributed by atoms with E-state index >= 15 is 0 Å². The van der Waals surface area contributed by atoms with Gasteiger partial charge in [-0.25, -0.2) is 0 Å². The molecule has 0 saturated heterocycles. The first-order valence-corrected chi connectivity index (χ1v) is 5.56. The molecular weight excluding hydrogens is 238 g/mol. The second kappa shape index (κ2) is 3.75.